The van der Waals surface area contributed by atoms with Crippen LogP contribution in [-0.2, 0) is 24.1 Å². The molecule has 1 N–H and O–H groups in total. The fourth-order valence-electron chi connectivity index (χ4n) is 3.16. The van der Waals surface area contributed by atoms with Gasteiger partial charge in [0, 0.05) is 17.7 Å². The first-order valence-electron chi connectivity index (χ1n) is 7.85. The van der Waals surface area contributed by atoms with Crippen molar-refractivity contribution < 1.29 is 9.53 Å². The second kappa shape index (κ2) is 5.85. The number of carbonyl (C=O) groups excluding carboxylic acids is 1. The third kappa shape index (κ3) is 2.80. The summed E-state index contributed by atoms with van der Waals surface area (Å²) in [7, 11) is 0. The van der Waals surface area contributed by atoms with Crippen molar-refractivity contribution in [3.63, 3.8) is 0 Å². The predicted octanol–water partition coefficient (Wildman–Crippen LogP) is 2.86. The summed E-state index contributed by atoms with van der Waals surface area (Å²) in [6, 6.07) is 2.04. The lowest BCUT2D eigenvalue weighted by Gasteiger charge is -2.08. The number of nitrogens with one attached hydrogen (secondary N) is 1. The number of aromatic nitrogens is 2. The van der Waals surface area contributed by atoms with Crippen molar-refractivity contribution >= 4 is 22.9 Å². The summed E-state index contributed by atoms with van der Waals surface area (Å²) in [5, 5.41) is 7.24. The zero-order chi connectivity index (χ0) is 14.9. The molecule has 1 fully saturated rings. The van der Waals surface area contributed by atoms with Crippen LogP contribution in [0, 0.1) is 0 Å². The Morgan fingerprint density at radius 3 is 3.23 bits per heavy atom. The molecule has 0 radical (unpaired) electrons. The Morgan fingerprint density at radius 2 is 2.41 bits per heavy atom. The van der Waals surface area contributed by atoms with Crippen molar-refractivity contribution in [1.29, 1.82) is 0 Å². The number of amides is 1. The molecule has 22 heavy (non-hydrogen) atoms. The quantitative estimate of drug-likeness (QED) is 0.943. The van der Waals surface area contributed by atoms with Crippen LogP contribution in [0.25, 0.3) is 0 Å². The number of anilines is 1. The molecule has 1 aliphatic heterocycles. The molecular formula is C16H19N3O2S. The van der Waals surface area contributed by atoms with Crippen LogP contribution in [0.4, 0.5) is 5.69 Å². The normalized spacial score (nSPS) is 20.3. The second-order valence-electron chi connectivity index (χ2n) is 5.95. The first-order chi connectivity index (χ1) is 10.8. The van der Waals surface area contributed by atoms with Gasteiger partial charge in [-0.05, 0) is 43.7 Å². The van der Waals surface area contributed by atoms with Crippen LogP contribution in [0.3, 0.4) is 0 Å². The molecule has 1 unspecified atom stereocenters. The number of thiophene rings is 1. The highest BCUT2D eigenvalue weighted by Gasteiger charge is 2.19. The number of hydrogen-bond donors (Lipinski definition) is 1. The Kier molecular flexibility index (Phi) is 3.72. The highest BCUT2D eigenvalue weighted by molar-refractivity contribution is 7.14. The van der Waals surface area contributed by atoms with Gasteiger partial charge in [0.25, 0.3) is 5.91 Å². The summed E-state index contributed by atoms with van der Waals surface area (Å²) in [5.41, 5.74) is 2.10. The zero-order valence-electron chi connectivity index (χ0n) is 12.4. The average Bonchev–Trinajstić information content (AvgIpc) is 3.21. The van der Waals surface area contributed by atoms with E-state index in [0.29, 0.717) is 0 Å². The lowest BCUT2D eigenvalue weighted by molar-refractivity contribution is 0.0940. The van der Waals surface area contributed by atoms with E-state index in [1.165, 1.54) is 16.9 Å². The maximum Gasteiger partial charge on any atom is 0.265 e. The van der Waals surface area contributed by atoms with Gasteiger partial charge >= 0.3 is 0 Å². The molecule has 116 valence electrons. The molecule has 2 aromatic rings. The average molecular weight is 317 g/mol. The highest BCUT2D eigenvalue weighted by atomic mass is 32.1. The fraction of sp³-hybridized carbons (Fsp3) is 0.500. The maximum absolute atomic E-state index is 12.3. The molecule has 1 atom stereocenters. The van der Waals surface area contributed by atoms with Crippen LogP contribution in [-0.4, -0.2) is 28.4 Å². The molecule has 1 amide bonds. The number of aryl methyl sites for hydroxylation is 2. The van der Waals surface area contributed by atoms with Crippen molar-refractivity contribution in [3.8, 4) is 0 Å². The molecule has 5 nitrogen and oxygen atoms in total. The van der Waals surface area contributed by atoms with Gasteiger partial charge in [-0.2, -0.15) is 5.10 Å². The molecular weight excluding hydrogens is 298 g/mol. The van der Waals surface area contributed by atoms with Crippen molar-refractivity contribution in [1.82, 2.24) is 9.78 Å². The number of carbonyl (C=O) groups is 1. The summed E-state index contributed by atoms with van der Waals surface area (Å²) < 4.78 is 7.45. The summed E-state index contributed by atoms with van der Waals surface area (Å²) in [5.74, 6) is -0.0314. The predicted molar refractivity (Wildman–Crippen MR) is 85.5 cm³/mol. The van der Waals surface area contributed by atoms with E-state index >= 15 is 0 Å². The molecule has 1 aliphatic carbocycles. The minimum Gasteiger partial charge on any atom is -0.376 e. The number of ether oxygens (including phenoxy) is 1. The molecule has 4 rings (SSSR count). The Morgan fingerprint density at radius 1 is 1.45 bits per heavy atom. The Balaban J connectivity index is 1.39. The lowest BCUT2D eigenvalue weighted by Crippen LogP contribution is -2.15. The van der Waals surface area contributed by atoms with Gasteiger partial charge in [-0.15, -0.1) is 11.3 Å². The second-order valence-corrected chi connectivity index (χ2v) is 7.09. The molecule has 2 aliphatic rings. The van der Waals surface area contributed by atoms with Gasteiger partial charge in [-0.1, -0.05) is 0 Å². The van der Waals surface area contributed by atoms with Crippen molar-refractivity contribution in [3.05, 3.63) is 33.8 Å². The van der Waals surface area contributed by atoms with E-state index in [0.717, 1.165) is 49.4 Å². The highest BCUT2D eigenvalue weighted by Crippen LogP contribution is 2.31. The van der Waals surface area contributed by atoms with Gasteiger partial charge in [-0.3, -0.25) is 9.48 Å². The topological polar surface area (TPSA) is 56.2 Å². The van der Waals surface area contributed by atoms with Crippen molar-refractivity contribution in [2.45, 2.75) is 44.8 Å². The number of hydrogen-bond acceptors (Lipinski definition) is 4. The van der Waals surface area contributed by atoms with Gasteiger partial charge in [0.15, 0.2) is 0 Å². The van der Waals surface area contributed by atoms with Gasteiger partial charge in [0.2, 0.25) is 0 Å². The monoisotopic (exact) mass is 317 g/mol. The fourth-order valence-corrected chi connectivity index (χ4v) is 4.31. The van der Waals surface area contributed by atoms with E-state index < -0.39 is 0 Å². The van der Waals surface area contributed by atoms with E-state index in [-0.39, 0.29) is 12.0 Å². The minimum atomic E-state index is -0.0314. The van der Waals surface area contributed by atoms with Crippen LogP contribution >= 0.6 is 11.3 Å². The van der Waals surface area contributed by atoms with E-state index in [1.54, 1.807) is 17.5 Å². The first-order valence-corrected chi connectivity index (χ1v) is 8.66. The molecule has 0 bridgehead atoms. The summed E-state index contributed by atoms with van der Waals surface area (Å²) in [6.45, 7) is 1.60. The molecule has 3 heterocycles. The summed E-state index contributed by atoms with van der Waals surface area (Å²) >= 11 is 1.62. The van der Waals surface area contributed by atoms with Crippen molar-refractivity contribution in [2.24, 2.45) is 0 Å². The summed E-state index contributed by atoms with van der Waals surface area (Å²) in [4.78, 5) is 14.5. The Bertz CT molecular complexity index is 664. The summed E-state index contributed by atoms with van der Waals surface area (Å²) in [6.07, 6.45) is 9.49. The number of fused-ring (bicyclic) bond motifs is 1. The van der Waals surface area contributed by atoms with Crippen molar-refractivity contribution in [2.75, 3.05) is 11.9 Å². The molecule has 1 saturated heterocycles. The van der Waals surface area contributed by atoms with E-state index in [2.05, 4.69) is 10.4 Å². The SMILES string of the molecule is O=C(Nc1cnn(CC2CCCO2)c1)c1cc2c(s1)CCC2. The minimum absolute atomic E-state index is 0.0314. The van der Waals surface area contributed by atoms with Crippen LogP contribution in [0.2, 0.25) is 0 Å². The standard InChI is InChI=1S/C16H19N3O2S/c20-16(15-7-11-3-1-5-14(11)22-15)18-12-8-17-19(9-12)10-13-4-2-6-21-13/h7-9,13H,1-6,10H2,(H,18,20). The molecule has 0 saturated carbocycles. The van der Waals surface area contributed by atoms with Gasteiger partial charge in [0.1, 0.15) is 0 Å². The number of nitrogens with zero attached hydrogens (tertiary/aromatic N) is 2. The zero-order valence-corrected chi connectivity index (χ0v) is 13.2. The lowest BCUT2D eigenvalue weighted by atomic mass is 10.2. The molecule has 0 spiro atoms. The largest absolute Gasteiger partial charge is 0.376 e. The molecule has 6 heteroatoms. The maximum atomic E-state index is 12.3. The van der Waals surface area contributed by atoms with Crippen LogP contribution in [0.1, 0.15) is 39.4 Å². The smallest absolute Gasteiger partial charge is 0.265 e. The van der Waals surface area contributed by atoms with Crippen LogP contribution in [0.5, 0.6) is 0 Å². The van der Waals surface area contributed by atoms with E-state index in [4.69, 9.17) is 4.74 Å². The van der Waals surface area contributed by atoms with Gasteiger partial charge < -0.3 is 10.1 Å². The van der Waals surface area contributed by atoms with E-state index in [9.17, 15) is 4.79 Å². The van der Waals surface area contributed by atoms with Crippen LogP contribution in [0.15, 0.2) is 18.5 Å². The third-order valence-electron chi connectivity index (χ3n) is 4.28. The molecule has 0 aromatic carbocycles. The first kappa shape index (κ1) is 14.0. The van der Waals surface area contributed by atoms with E-state index in [1.807, 2.05) is 16.9 Å². The Hall–Kier alpha value is -1.66. The van der Waals surface area contributed by atoms with Crippen LogP contribution < -0.4 is 5.32 Å². The molecule has 2 aromatic heterocycles. The third-order valence-corrected chi connectivity index (χ3v) is 5.51. The van der Waals surface area contributed by atoms with Gasteiger partial charge in [-0.25, -0.2) is 0 Å². The Labute approximate surface area is 133 Å². The van der Waals surface area contributed by atoms with Gasteiger partial charge in [0.05, 0.1) is 29.4 Å². The number of rotatable bonds is 4.